The zero-order valence-corrected chi connectivity index (χ0v) is 20.7. The number of carboxylic acids is 1. The van der Waals surface area contributed by atoms with Gasteiger partial charge in [-0.25, -0.2) is 4.79 Å². The lowest BCUT2D eigenvalue weighted by atomic mass is 9.82. The SMILES string of the molecule is CN(C)C[C@H](NC(=O)OCC1c2ccccc2-c2ccccc21)C(=O)N1CC(C(=O)O)C(C)(C)C1. The third-order valence-electron chi connectivity index (χ3n) is 7.04. The maximum absolute atomic E-state index is 13.3. The normalized spacial score (nSPS) is 19.2. The minimum absolute atomic E-state index is 0.0770. The molecule has 1 aliphatic heterocycles. The summed E-state index contributed by atoms with van der Waals surface area (Å²) < 4.78 is 5.63. The molecule has 0 spiro atoms. The minimum Gasteiger partial charge on any atom is -0.481 e. The van der Waals surface area contributed by atoms with Crippen molar-refractivity contribution in [2.24, 2.45) is 11.3 Å². The van der Waals surface area contributed by atoms with Gasteiger partial charge in [-0.1, -0.05) is 62.4 Å². The molecule has 4 rings (SSSR count). The molecule has 1 heterocycles. The first-order valence-electron chi connectivity index (χ1n) is 11.9. The van der Waals surface area contributed by atoms with Crippen LogP contribution in [0.25, 0.3) is 11.1 Å². The molecule has 2 atom stereocenters. The quantitative estimate of drug-likeness (QED) is 0.633. The fourth-order valence-electron chi connectivity index (χ4n) is 5.27. The van der Waals surface area contributed by atoms with E-state index in [1.807, 2.05) is 69.2 Å². The summed E-state index contributed by atoms with van der Waals surface area (Å²) in [7, 11) is 3.63. The zero-order chi connectivity index (χ0) is 25.3. The van der Waals surface area contributed by atoms with E-state index in [1.165, 1.54) is 4.90 Å². The van der Waals surface area contributed by atoms with Crippen LogP contribution in [0.15, 0.2) is 48.5 Å². The molecule has 1 aliphatic carbocycles. The minimum atomic E-state index is -0.918. The highest BCUT2D eigenvalue weighted by Gasteiger charge is 2.46. The van der Waals surface area contributed by atoms with E-state index in [4.69, 9.17) is 4.74 Å². The number of alkyl carbamates (subject to hydrolysis) is 1. The van der Waals surface area contributed by atoms with Crippen LogP contribution in [0.5, 0.6) is 0 Å². The van der Waals surface area contributed by atoms with Gasteiger partial charge in [-0.2, -0.15) is 0 Å². The Morgan fingerprint density at radius 2 is 1.66 bits per heavy atom. The summed E-state index contributed by atoms with van der Waals surface area (Å²) in [6, 6.07) is 15.3. The van der Waals surface area contributed by atoms with Gasteiger partial charge in [0.25, 0.3) is 0 Å². The first-order chi connectivity index (χ1) is 16.6. The lowest BCUT2D eigenvalue weighted by Crippen LogP contribution is -2.52. The van der Waals surface area contributed by atoms with E-state index in [-0.39, 0.29) is 31.5 Å². The summed E-state index contributed by atoms with van der Waals surface area (Å²) in [5.41, 5.74) is 3.96. The smallest absolute Gasteiger partial charge is 0.407 e. The van der Waals surface area contributed by atoms with Crippen molar-refractivity contribution in [2.75, 3.05) is 40.3 Å². The van der Waals surface area contributed by atoms with Gasteiger partial charge in [0.15, 0.2) is 0 Å². The Balaban J connectivity index is 1.44. The Kier molecular flexibility index (Phi) is 6.85. The number of likely N-dealkylation sites (tertiary alicyclic amines) is 1. The lowest BCUT2D eigenvalue weighted by molar-refractivity contribution is -0.144. The van der Waals surface area contributed by atoms with Gasteiger partial charge in [-0.15, -0.1) is 0 Å². The summed E-state index contributed by atoms with van der Waals surface area (Å²) >= 11 is 0. The van der Waals surface area contributed by atoms with E-state index < -0.39 is 29.4 Å². The number of carbonyl (C=O) groups is 3. The highest BCUT2D eigenvalue weighted by atomic mass is 16.5. The van der Waals surface area contributed by atoms with Gasteiger partial charge < -0.3 is 25.0 Å². The van der Waals surface area contributed by atoms with Crippen LogP contribution in [0, 0.1) is 11.3 Å². The highest BCUT2D eigenvalue weighted by molar-refractivity contribution is 5.87. The molecular weight excluding hydrogens is 446 g/mol. The Morgan fingerprint density at radius 1 is 1.09 bits per heavy atom. The molecule has 2 aromatic rings. The molecule has 2 aliphatic rings. The van der Waals surface area contributed by atoms with E-state index >= 15 is 0 Å². The third-order valence-corrected chi connectivity index (χ3v) is 7.04. The van der Waals surface area contributed by atoms with Crippen molar-refractivity contribution < 1.29 is 24.2 Å². The van der Waals surface area contributed by atoms with Crippen molar-refractivity contribution in [1.29, 1.82) is 0 Å². The number of aliphatic carboxylic acids is 1. The predicted molar refractivity (Wildman–Crippen MR) is 132 cm³/mol. The number of amides is 2. The van der Waals surface area contributed by atoms with E-state index in [9.17, 15) is 19.5 Å². The second kappa shape index (κ2) is 9.70. The number of nitrogens with zero attached hydrogens (tertiary/aromatic N) is 2. The van der Waals surface area contributed by atoms with Gasteiger partial charge in [-0.05, 0) is 41.8 Å². The standard InChI is InChI=1S/C27H33N3O5/c1-27(2)16-30(13-22(27)25(32)33)24(31)23(14-29(3)4)28-26(34)35-15-21-19-11-7-5-9-17(19)18-10-6-8-12-20(18)21/h5-12,21-23H,13-16H2,1-4H3,(H,28,34)(H,32,33)/t22?,23-/m0/s1. The van der Waals surface area contributed by atoms with Crippen LogP contribution >= 0.6 is 0 Å². The molecule has 186 valence electrons. The van der Waals surface area contributed by atoms with Gasteiger partial charge in [0.05, 0.1) is 5.92 Å². The number of rotatable bonds is 7. The monoisotopic (exact) mass is 479 g/mol. The molecule has 8 heteroatoms. The number of benzene rings is 2. The molecule has 0 radical (unpaired) electrons. The molecule has 0 saturated carbocycles. The number of hydrogen-bond acceptors (Lipinski definition) is 5. The maximum atomic E-state index is 13.3. The number of fused-ring (bicyclic) bond motifs is 3. The molecule has 0 bridgehead atoms. The first kappa shape index (κ1) is 24.7. The first-order valence-corrected chi connectivity index (χ1v) is 11.9. The molecule has 0 aromatic heterocycles. The van der Waals surface area contributed by atoms with Crippen molar-refractivity contribution in [3.05, 3.63) is 59.7 Å². The molecular formula is C27H33N3O5. The fourth-order valence-corrected chi connectivity index (χ4v) is 5.27. The van der Waals surface area contributed by atoms with E-state index in [1.54, 1.807) is 0 Å². The Bertz CT molecular complexity index is 1080. The second-order valence-corrected chi connectivity index (χ2v) is 10.4. The predicted octanol–water partition coefficient (Wildman–Crippen LogP) is 3.02. The topological polar surface area (TPSA) is 99.2 Å². The van der Waals surface area contributed by atoms with Crippen molar-refractivity contribution in [3.63, 3.8) is 0 Å². The van der Waals surface area contributed by atoms with E-state index in [2.05, 4.69) is 17.4 Å². The van der Waals surface area contributed by atoms with Crippen LogP contribution in [0.2, 0.25) is 0 Å². The maximum Gasteiger partial charge on any atom is 0.407 e. The molecule has 8 nitrogen and oxygen atoms in total. The van der Waals surface area contributed by atoms with Crippen LogP contribution in [-0.4, -0.2) is 79.3 Å². The van der Waals surface area contributed by atoms with E-state index in [0.717, 1.165) is 22.3 Å². The summed E-state index contributed by atoms with van der Waals surface area (Å²) in [5.74, 6) is -1.95. The molecule has 2 N–H and O–H groups in total. The Morgan fingerprint density at radius 3 is 2.17 bits per heavy atom. The largest absolute Gasteiger partial charge is 0.481 e. The van der Waals surface area contributed by atoms with Crippen LogP contribution in [0.3, 0.4) is 0 Å². The van der Waals surface area contributed by atoms with Crippen LogP contribution in [0.1, 0.15) is 30.9 Å². The zero-order valence-electron chi connectivity index (χ0n) is 20.7. The summed E-state index contributed by atoms with van der Waals surface area (Å²) in [6.07, 6.45) is -0.666. The third kappa shape index (κ3) is 5.03. The van der Waals surface area contributed by atoms with E-state index in [0.29, 0.717) is 6.54 Å². The molecule has 1 unspecified atom stereocenters. The van der Waals surface area contributed by atoms with Crippen LogP contribution in [0.4, 0.5) is 4.79 Å². The summed E-state index contributed by atoms with van der Waals surface area (Å²) in [5, 5.41) is 12.3. The van der Waals surface area contributed by atoms with Crippen LogP contribution in [-0.2, 0) is 14.3 Å². The number of likely N-dealkylation sites (N-methyl/N-ethyl adjacent to an activating group) is 1. The second-order valence-electron chi connectivity index (χ2n) is 10.4. The molecule has 2 amide bonds. The Hall–Kier alpha value is -3.39. The van der Waals surface area contributed by atoms with Gasteiger partial charge in [-0.3, -0.25) is 9.59 Å². The van der Waals surface area contributed by atoms with Gasteiger partial charge in [0.2, 0.25) is 5.91 Å². The number of hydrogen-bond donors (Lipinski definition) is 2. The highest BCUT2D eigenvalue weighted by Crippen LogP contribution is 2.44. The number of ether oxygens (including phenoxy) is 1. The van der Waals surface area contributed by atoms with Crippen LogP contribution < -0.4 is 5.32 Å². The number of carboxylic acid groups (broad SMARTS) is 1. The van der Waals surface area contributed by atoms with Gasteiger partial charge >= 0.3 is 12.1 Å². The Labute approximate surface area is 205 Å². The average molecular weight is 480 g/mol. The number of nitrogens with one attached hydrogen (secondary N) is 1. The fraction of sp³-hybridized carbons (Fsp3) is 0.444. The molecule has 1 fully saturated rings. The molecule has 1 saturated heterocycles. The van der Waals surface area contributed by atoms with Gasteiger partial charge in [0, 0.05) is 25.6 Å². The van der Waals surface area contributed by atoms with Crippen molar-refractivity contribution in [3.8, 4) is 11.1 Å². The number of carbonyl (C=O) groups excluding carboxylic acids is 2. The summed E-state index contributed by atoms with van der Waals surface area (Å²) in [6.45, 7) is 4.56. The van der Waals surface area contributed by atoms with Gasteiger partial charge in [0.1, 0.15) is 12.6 Å². The van der Waals surface area contributed by atoms with Crippen molar-refractivity contribution in [1.82, 2.24) is 15.1 Å². The van der Waals surface area contributed by atoms with Crippen molar-refractivity contribution in [2.45, 2.75) is 25.8 Å². The lowest BCUT2D eigenvalue weighted by Gasteiger charge is -2.27. The van der Waals surface area contributed by atoms with Crippen molar-refractivity contribution >= 4 is 18.0 Å². The molecule has 2 aromatic carbocycles. The molecule has 35 heavy (non-hydrogen) atoms. The summed E-state index contributed by atoms with van der Waals surface area (Å²) in [4.78, 5) is 41.1. The average Bonchev–Trinajstić information content (AvgIpc) is 3.30.